The van der Waals surface area contributed by atoms with E-state index in [1.165, 1.54) is 4.90 Å². The molecule has 0 saturated carbocycles. The predicted molar refractivity (Wildman–Crippen MR) is 128 cm³/mol. The standard InChI is InChI=1S/C25H37N5O6/c31-21(16-6-1-11-26-16)27-12-2-7-17(27)22(32)28-13-3-8-18(28)23(33)29-14-4-9-19(29)24(34)30-15-5-10-20(30)25(35)36/h16-20,26H,1-15H2,(H,35,36)/t16-,17-,18-,19-,20-/m0/s1. The van der Waals surface area contributed by atoms with E-state index in [0.29, 0.717) is 71.1 Å². The summed E-state index contributed by atoms with van der Waals surface area (Å²) in [6, 6.07) is -2.91. The highest BCUT2D eigenvalue weighted by atomic mass is 16.4. The van der Waals surface area contributed by atoms with Gasteiger partial charge in [-0.05, 0) is 70.8 Å². The van der Waals surface area contributed by atoms with Gasteiger partial charge in [0.2, 0.25) is 23.6 Å². The number of nitrogens with zero attached hydrogens (tertiary/aromatic N) is 4. The maximum atomic E-state index is 13.7. The lowest BCUT2D eigenvalue weighted by atomic mass is 10.1. The second kappa shape index (κ2) is 10.4. The molecular formula is C25H37N5O6. The average Bonchev–Trinajstić information content (AvgIpc) is 3.71. The number of carboxylic acids is 1. The molecule has 2 N–H and O–H groups in total. The van der Waals surface area contributed by atoms with Crippen LogP contribution in [0.5, 0.6) is 0 Å². The molecule has 5 heterocycles. The number of carboxylic acid groups (broad SMARTS) is 1. The van der Waals surface area contributed by atoms with Crippen LogP contribution in [0.2, 0.25) is 0 Å². The van der Waals surface area contributed by atoms with E-state index < -0.39 is 30.1 Å². The number of rotatable bonds is 5. The molecule has 0 aliphatic carbocycles. The zero-order valence-electron chi connectivity index (χ0n) is 20.8. The van der Waals surface area contributed by atoms with Crippen molar-refractivity contribution in [3.63, 3.8) is 0 Å². The smallest absolute Gasteiger partial charge is 0.326 e. The Bertz CT molecular complexity index is 921. The van der Waals surface area contributed by atoms with Crippen LogP contribution in [0.25, 0.3) is 0 Å². The lowest BCUT2D eigenvalue weighted by Crippen LogP contribution is -2.57. The summed E-state index contributed by atoms with van der Waals surface area (Å²) in [5.41, 5.74) is 0. The molecule has 0 spiro atoms. The van der Waals surface area contributed by atoms with E-state index in [1.54, 1.807) is 14.7 Å². The normalized spacial score (nSPS) is 32.5. The van der Waals surface area contributed by atoms with E-state index in [2.05, 4.69) is 5.32 Å². The molecule has 198 valence electrons. The Morgan fingerprint density at radius 2 is 0.917 bits per heavy atom. The maximum Gasteiger partial charge on any atom is 0.326 e. The van der Waals surface area contributed by atoms with Gasteiger partial charge in [-0.2, -0.15) is 0 Å². The second-order valence-electron chi connectivity index (χ2n) is 10.7. The fourth-order valence-electron chi connectivity index (χ4n) is 6.82. The number of carbonyl (C=O) groups excluding carboxylic acids is 4. The van der Waals surface area contributed by atoms with Crippen molar-refractivity contribution in [1.29, 1.82) is 0 Å². The van der Waals surface area contributed by atoms with Crippen molar-refractivity contribution < 1.29 is 29.1 Å². The van der Waals surface area contributed by atoms with Crippen LogP contribution in [0.15, 0.2) is 0 Å². The number of likely N-dealkylation sites (tertiary alicyclic amines) is 4. The largest absolute Gasteiger partial charge is 0.480 e. The first-order chi connectivity index (χ1) is 17.4. The lowest BCUT2D eigenvalue weighted by molar-refractivity contribution is -0.154. The Labute approximate surface area is 211 Å². The highest BCUT2D eigenvalue weighted by Gasteiger charge is 2.48. The molecule has 0 aromatic rings. The van der Waals surface area contributed by atoms with Gasteiger partial charge < -0.3 is 30.0 Å². The van der Waals surface area contributed by atoms with Gasteiger partial charge in [0.05, 0.1) is 6.04 Å². The summed E-state index contributed by atoms with van der Waals surface area (Å²) in [5.74, 6) is -1.71. The van der Waals surface area contributed by atoms with E-state index in [1.807, 2.05) is 0 Å². The van der Waals surface area contributed by atoms with Gasteiger partial charge >= 0.3 is 5.97 Å². The zero-order valence-corrected chi connectivity index (χ0v) is 20.8. The predicted octanol–water partition coefficient (Wildman–Crippen LogP) is -0.213. The van der Waals surface area contributed by atoms with Crippen molar-refractivity contribution >= 4 is 29.6 Å². The zero-order chi connectivity index (χ0) is 25.4. The summed E-state index contributed by atoms with van der Waals surface area (Å²) in [6.07, 6.45) is 6.59. The van der Waals surface area contributed by atoms with Crippen molar-refractivity contribution in [1.82, 2.24) is 24.9 Å². The number of amides is 4. The molecule has 5 fully saturated rings. The van der Waals surface area contributed by atoms with Crippen LogP contribution < -0.4 is 5.32 Å². The molecule has 5 aliphatic rings. The highest BCUT2D eigenvalue weighted by Crippen LogP contribution is 2.30. The highest BCUT2D eigenvalue weighted by molar-refractivity contribution is 5.96. The van der Waals surface area contributed by atoms with E-state index in [9.17, 15) is 29.1 Å². The molecule has 0 bridgehead atoms. The van der Waals surface area contributed by atoms with Crippen LogP contribution in [0.3, 0.4) is 0 Å². The van der Waals surface area contributed by atoms with Crippen LogP contribution in [-0.2, 0) is 24.0 Å². The minimum atomic E-state index is -1.01. The van der Waals surface area contributed by atoms with Crippen LogP contribution in [0.4, 0.5) is 0 Å². The molecule has 4 amide bonds. The first-order valence-corrected chi connectivity index (χ1v) is 13.6. The van der Waals surface area contributed by atoms with E-state index in [4.69, 9.17) is 0 Å². The third kappa shape index (κ3) is 4.46. The molecule has 0 aromatic carbocycles. The van der Waals surface area contributed by atoms with Gasteiger partial charge in [-0.3, -0.25) is 19.2 Å². The van der Waals surface area contributed by atoms with Crippen molar-refractivity contribution in [2.45, 2.75) is 94.4 Å². The van der Waals surface area contributed by atoms with Crippen molar-refractivity contribution in [2.75, 3.05) is 32.7 Å². The van der Waals surface area contributed by atoms with Gasteiger partial charge in [0.1, 0.15) is 24.2 Å². The van der Waals surface area contributed by atoms with Gasteiger partial charge in [-0.15, -0.1) is 0 Å². The Balaban J connectivity index is 1.27. The summed E-state index contributed by atoms with van der Waals surface area (Å²) in [7, 11) is 0. The fraction of sp³-hybridized carbons (Fsp3) is 0.800. The molecule has 0 aromatic heterocycles. The number of nitrogens with one attached hydrogen (secondary N) is 1. The van der Waals surface area contributed by atoms with Crippen LogP contribution in [-0.4, -0.2) is 117 Å². The van der Waals surface area contributed by atoms with E-state index in [0.717, 1.165) is 25.8 Å². The lowest BCUT2D eigenvalue weighted by Gasteiger charge is -2.35. The minimum Gasteiger partial charge on any atom is -0.480 e. The second-order valence-corrected chi connectivity index (χ2v) is 10.7. The SMILES string of the molecule is O=C(O)[C@@H]1CCCN1C(=O)[C@@H]1CCCN1C(=O)[C@@H]1CCCN1C(=O)[C@@H]1CCCN1C(=O)[C@@H]1CCCN1. The molecule has 0 radical (unpaired) electrons. The van der Waals surface area contributed by atoms with Crippen LogP contribution in [0, 0.1) is 0 Å². The first kappa shape index (κ1) is 25.0. The van der Waals surface area contributed by atoms with Gasteiger partial charge in [0.15, 0.2) is 0 Å². The minimum absolute atomic E-state index is 0.0192. The Hall–Kier alpha value is -2.69. The fourth-order valence-corrected chi connectivity index (χ4v) is 6.82. The maximum absolute atomic E-state index is 13.7. The van der Waals surface area contributed by atoms with Gasteiger partial charge in [-0.25, -0.2) is 4.79 Å². The van der Waals surface area contributed by atoms with Crippen LogP contribution in [0.1, 0.15) is 64.2 Å². The summed E-state index contributed by atoms with van der Waals surface area (Å²) >= 11 is 0. The first-order valence-electron chi connectivity index (χ1n) is 13.6. The van der Waals surface area contributed by atoms with Crippen molar-refractivity contribution in [3.05, 3.63) is 0 Å². The molecule has 11 nitrogen and oxygen atoms in total. The van der Waals surface area contributed by atoms with Gasteiger partial charge in [0.25, 0.3) is 0 Å². The number of aliphatic carboxylic acids is 1. The van der Waals surface area contributed by atoms with E-state index in [-0.39, 0.29) is 29.7 Å². The molecule has 5 saturated heterocycles. The summed E-state index contributed by atoms with van der Waals surface area (Å²) in [6.45, 7) is 2.66. The summed E-state index contributed by atoms with van der Waals surface area (Å²) in [5, 5.41) is 12.7. The average molecular weight is 504 g/mol. The molecule has 5 rings (SSSR count). The molecule has 11 heteroatoms. The Morgan fingerprint density at radius 1 is 0.528 bits per heavy atom. The topological polar surface area (TPSA) is 131 Å². The van der Waals surface area contributed by atoms with Gasteiger partial charge in [0, 0.05) is 26.2 Å². The van der Waals surface area contributed by atoms with E-state index >= 15 is 0 Å². The Morgan fingerprint density at radius 3 is 1.31 bits per heavy atom. The monoisotopic (exact) mass is 503 g/mol. The van der Waals surface area contributed by atoms with Crippen molar-refractivity contribution in [2.24, 2.45) is 0 Å². The summed E-state index contributed by atoms with van der Waals surface area (Å²) < 4.78 is 0. The Kier molecular flexibility index (Phi) is 7.18. The van der Waals surface area contributed by atoms with Crippen molar-refractivity contribution in [3.8, 4) is 0 Å². The number of hydrogen-bond acceptors (Lipinski definition) is 6. The third-order valence-corrected chi connectivity index (χ3v) is 8.64. The summed E-state index contributed by atoms with van der Waals surface area (Å²) in [4.78, 5) is 71.6. The van der Waals surface area contributed by atoms with Gasteiger partial charge in [-0.1, -0.05) is 0 Å². The van der Waals surface area contributed by atoms with Crippen LogP contribution >= 0.6 is 0 Å². The molecule has 0 unspecified atom stereocenters. The third-order valence-electron chi connectivity index (χ3n) is 8.64. The molecule has 36 heavy (non-hydrogen) atoms. The number of hydrogen-bond donors (Lipinski definition) is 2. The quantitative estimate of drug-likeness (QED) is 0.531. The number of carbonyl (C=O) groups is 5. The molecule has 5 atom stereocenters. The molecular weight excluding hydrogens is 466 g/mol. The molecule has 5 aliphatic heterocycles.